The topological polar surface area (TPSA) is 98.7 Å². The van der Waals surface area contributed by atoms with Gasteiger partial charge in [-0.05, 0) is 17.8 Å². The number of rotatable bonds is 3. The predicted octanol–water partition coefficient (Wildman–Crippen LogP) is -0.373. The number of piperazine rings is 1. The summed E-state index contributed by atoms with van der Waals surface area (Å²) in [5.41, 5.74) is 0.249. The van der Waals surface area contributed by atoms with Crippen molar-refractivity contribution in [1.82, 2.24) is 15.5 Å². The molecule has 1 saturated carbocycles. The van der Waals surface area contributed by atoms with Gasteiger partial charge in [-0.15, -0.1) is 0 Å². The number of hydrogen-bond acceptors (Lipinski definition) is 3. The summed E-state index contributed by atoms with van der Waals surface area (Å²) in [7, 11) is 0. The molecule has 1 heterocycles. The first-order valence-electron chi connectivity index (χ1n) is 6.35. The van der Waals surface area contributed by atoms with Crippen molar-refractivity contribution in [1.29, 1.82) is 0 Å². The van der Waals surface area contributed by atoms with Crippen molar-refractivity contribution in [2.45, 2.75) is 26.3 Å². The molecule has 2 fully saturated rings. The summed E-state index contributed by atoms with van der Waals surface area (Å²) < 4.78 is 0. The third kappa shape index (κ3) is 2.97. The minimum absolute atomic E-state index is 0.0451. The van der Waals surface area contributed by atoms with E-state index in [2.05, 4.69) is 24.5 Å². The maximum absolute atomic E-state index is 12.0. The number of carbonyl (C=O) groups excluding carboxylic acids is 2. The summed E-state index contributed by atoms with van der Waals surface area (Å²) in [5, 5.41) is 14.2. The van der Waals surface area contributed by atoms with E-state index in [1.54, 1.807) is 0 Å². The number of aliphatic carboxylic acids is 1. The Morgan fingerprint density at radius 1 is 1.53 bits per heavy atom. The average molecular weight is 269 g/mol. The predicted molar refractivity (Wildman–Crippen MR) is 66.4 cm³/mol. The van der Waals surface area contributed by atoms with Gasteiger partial charge in [0.15, 0.2) is 0 Å². The van der Waals surface area contributed by atoms with E-state index < -0.39 is 18.0 Å². The number of nitrogens with one attached hydrogen (secondary N) is 2. The Morgan fingerprint density at radius 2 is 2.16 bits per heavy atom. The number of urea groups is 1. The quantitative estimate of drug-likeness (QED) is 0.651. The average Bonchev–Trinajstić information content (AvgIpc) is 2.93. The minimum Gasteiger partial charge on any atom is -0.480 e. The van der Waals surface area contributed by atoms with E-state index in [9.17, 15) is 14.4 Å². The van der Waals surface area contributed by atoms with Crippen molar-refractivity contribution in [3.63, 3.8) is 0 Å². The second-order valence-corrected chi connectivity index (χ2v) is 5.86. The van der Waals surface area contributed by atoms with Crippen LogP contribution in [-0.4, -0.2) is 53.6 Å². The maximum atomic E-state index is 12.0. The number of carbonyl (C=O) groups is 3. The van der Waals surface area contributed by atoms with Crippen LogP contribution in [0, 0.1) is 11.3 Å². The Bertz CT molecular complexity index is 421. The number of hydrogen-bond donors (Lipinski definition) is 3. The van der Waals surface area contributed by atoms with Crippen molar-refractivity contribution >= 4 is 17.9 Å². The first-order chi connectivity index (χ1) is 8.81. The molecule has 19 heavy (non-hydrogen) atoms. The fraction of sp³-hybridized carbons (Fsp3) is 0.750. The lowest BCUT2D eigenvalue weighted by atomic mass is 10.1. The van der Waals surface area contributed by atoms with Crippen molar-refractivity contribution in [3.05, 3.63) is 0 Å². The molecule has 3 N–H and O–H groups in total. The summed E-state index contributed by atoms with van der Waals surface area (Å²) in [6.45, 7) is 4.51. The van der Waals surface area contributed by atoms with Gasteiger partial charge in [0, 0.05) is 13.1 Å². The number of nitrogens with zero attached hydrogens (tertiary/aromatic N) is 1. The van der Waals surface area contributed by atoms with Crippen LogP contribution in [0.3, 0.4) is 0 Å². The van der Waals surface area contributed by atoms with Crippen molar-refractivity contribution in [2.75, 3.05) is 19.6 Å². The molecule has 7 nitrogen and oxygen atoms in total. The molecule has 106 valence electrons. The summed E-state index contributed by atoms with van der Waals surface area (Å²) in [5.74, 6) is -1.01. The highest BCUT2D eigenvalue weighted by molar-refractivity contribution is 5.90. The highest BCUT2D eigenvalue weighted by atomic mass is 16.4. The molecule has 0 bridgehead atoms. The van der Waals surface area contributed by atoms with Crippen LogP contribution >= 0.6 is 0 Å². The standard InChI is InChI=1S/C12H19N3O4/c1-12(2)3-7(12)4-14-11(19)15-6-9(16)13-5-8(15)10(17)18/h7-8H,3-6H2,1-2H3,(H,13,16)(H,14,19)(H,17,18). The van der Waals surface area contributed by atoms with E-state index in [1.807, 2.05) is 0 Å². The van der Waals surface area contributed by atoms with Crippen LogP contribution in [0.25, 0.3) is 0 Å². The first-order valence-corrected chi connectivity index (χ1v) is 6.35. The fourth-order valence-corrected chi connectivity index (χ4v) is 2.31. The zero-order valence-electron chi connectivity index (χ0n) is 11.1. The van der Waals surface area contributed by atoms with Gasteiger partial charge in [0.1, 0.15) is 12.6 Å². The molecule has 7 heteroatoms. The number of amides is 3. The van der Waals surface area contributed by atoms with Gasteiger partial charge in [-0.3, -0.25) is 9.69 Å². The molecule has 1 saturated heterocycles. The van der Waals surface area contributed by atoms with E-state index in [4.69, 9.17) is 5.11 Å². The molecular weight excluding hydrogens is 250 g/mol. The Kier molecular flexibility index (Phi) is 3.38. The summed E-state index contributed by atoms with van der Waals surface area (Å²) >= 11 is 0. The monoisotopic (exact) mass is 269 g/mol. The maximum Gasteiger partial charge on any atom is 0.328 e. The van der Waals surface area contributed by atoms with Gasteiger partial charge in [0.05, 0.1) is 0 Å². The SMILES string of the molecule is CC1(C)CC1CNC(=O)N1CC(=O)NCC1C(=O)O. The van der Waals surface area contributed by atoms with Gasteiger partial charge in [0.25, 0.3) is 0 Å². The zero-order valence-corrected chi connectivity index (χ0v) is 11.1. The minimum atomic E-state index is -1.11. The Labute approximate surface area is 111 Å². The van der Waals surface area contributed by atoms with E-state index in [-0.39, 0.29) is 24.4 Å². The molecular formula is C12H19N3O4. The molecule has 1 aliphatic heterocycles. The third-order valence-corrected chi connectivity index (χ3v) is 3.95. The zero-order chi connectivity index (χ0) is 14.2. The van der Waals surface area contributed by atoms with Crippen molar-refractivity contribution in [2.24, 2.45) is 11.3 Å². The summed E-state index contributed by atoms with van der Waals surface area (Å²) in [4.78, 5) is 35.4. The first kappa shape index (κ1) is 13.6. The van der Waals surface area contributed by atoms with Crippen LogP contribution < -0.4 is 10.6 Å². The highest BCUT2D eigenvalue weighted by Crippen LogP contribution is 2.50. The van der Waals surface area contributed by atoms with Gasteiger partial charge >= 0.3 is 12.0 Å². The largest absolute Gasteiger partial charge is 0.480 e. The second kappa shape index (κ2) is 4.71. The van der Waals surface area contributed by atoms with E-state index in [0.29, 0.717) is 12.5 Å². The third-order valence-electron chi connectivity index (χ3n) is 3.95. The molecule has 2 atom stereocenters. The normalized spacial score (nSPS) is 28.5. The molecule has 0 aromatic heterocycles. The summed E-state index contributed by atoms with van der Waals surface area (Å²) in [6, 6.07) is -1.48. The van der Waals surface area contributed by atoms with Crippen LogP contribution in [0.15, 0.2) is 0 Å². The van der Waals surface area contributed by atoms with Gasteiger partial charge in [-0.25, -0.2) is 9.59 Å². The molecule has 1 aliphatic carbocycles. The lowest BCUT2D eigenvalue weighted by Gasteiger charge is -2.32. The summed E-state index contributed by atoms with van der Waals surface area (Å²) in [6.07, 6.45) is 1.05. The lowest BCUT2D eigenvalue weighted by Crippen LogP contribution is -2.61. The van der Waals surface area contributed by atoms with Gasteiger partial charge in [-0.2, -0.15) is 0 Å². The molecule has 2 rings (SSSR count). The highest BCUT2D eigenvalue weighted by Gasteiger charge is 2.45. The van der Waals surface area contributed by atoms with Crippen molar-refractivity contribution < 1.29 is 19.5 Å². The van der Waals surface area contributed by atoms with Gasteiger partial charge < -0.3 is 15.7 Å². The van der Waals surface area contributed by atoms with E-state index in [0.717, 1.165) is 11.3 Å². The molecule has 2 aliphatic rings. The Morgan fingerprint density at radius 3 is 2.68 bits per heavy atom. The smallest absolute Gasteiger partial charge is 0.328 e. The van der Waals surface area contributed by atoms with Crippen LogP contribution in [0.2, 0.25) is 0 Å². The molecule has 0 radical (unpaired) electrons. The number of carboxylic acids is 1. The Hall–Kier alpha value is -1.79. The van der Waals surface area contributed by atoms with Crippen LogP contribution in [0.5, 0.6) is 0 Å². The van der Waals surface area contributed by atoms with E-state index in [1.165, 1.54) is 0 Å². The van der Waals surface area contributed by atoms with Crippen LogP contribution in [0.4, 0.5) is 4.79 Å². The molecule has 0 aromatic rings. The van der Waals surface area contributed by atoms with Crippen molar-refractivity contribution in [3.8, 4) is 0 Å². The molecule has 0 aromatic carbocycles. The second-order valence-electron chi connectivity index (χ2n) is 5.86. The fourth-order valence-electron chi connectivity index (χ4n) is 2.31. The Balaban J connectivity index is 1.91. The lowest BCUT2D eigenvalue weighted by molar-refractivity contribution is -0.144. The van der Waals surface area contributed by atoms with Gasteiger partial charge in [0.2, 0.25) is 5.91 Å². The van der Waals surface area contributed by atoms with E-state index >= 15 is 0 Å². The van der Waals surface area contributed by atoms with Crippen LogP contribution in [0.1, 0.15) is 20.3 Å². The molecule has 0 spiro atoms. The molecule has 3 amide bonds. The number of carboxylic acid groups (broad SMARTS) is 1. The van der Waals surface area contributed by atoms with Gasteiger partial charge in [-0.1, -0.05) is 13.8 Å². The van der Waals surface area contributed by atoms with Crippen LogP contribution in [-0.2, 0) is 9.59 Å². The molecule has 2 unspecified atom stereocenters.